The minimum absolute atomic E-state index is 0.0799. The van der Waals surface area contributed by atoms with Crippen molar-refractivity contribution < 1.29 is 9.00 Å². The van der Waals surface area contributed by atoms with Crippen molar-refractivity contribution in [2.75, 3.05) is 6.26 Å². The first kappa shape index (κ1) is 14.9. The molecule has 0 saturated heterocycles. The lowest BCUT2D eigenvalue weighted by Gasteiger charge is -2.43. The topological polar surface area (TPSA) is 76.9 Å². The summed E-state index contributed by atoms with van der Waals surface area (Å²) in [5.74, 6) is -0.116. The summed E-state index contributed by atoms with van der Waals surface area (Å²) >= 11 is 0. The van der Waals surface area contributed by atoms with Gasteiger partial charge >= 0.3 is 0 Å². The summed E-state index contributed by atoms with van der Waals surface area (Å²) in [6.45, 7) is 0.0799. The molecule has 1 aromatic carbocycles. The van der Waals surface area contributed by atoms with Crippen molar-refractivity contribution >= 4 is 16.7 Å². The molecule has 1 fully saturated rings. The van der Waals surface area contributed by atoms with Crippen LogP contribution in [0.3, 0.4) is 0 Å². The van der Waals surface area contributed by atoms with Crippen LogP contribution >= 0.6 is 0 Å². The molecule has 3 rings (SSSR count). The van der Waals surface area contributed by atoms with Crippen LogP contribution in [0.25, 0.3) is 0 Å². The van der Waals surface area contributed by atoms with Gasteiger partial charge in [-0.3, -0.25) is 13.6 Å². The van der Waals surface area contributed by atoms with Gasteiger partial charge in [-0.25, -0.2) is 0 Å². The molecule has 0 unspecified atom stereocenters. The molecule has 1 amide bonds. The summed E-state index contributed by atoms with van der Waals surface area (Å²) in [6.07, 6.45) is 5.95. The van der Waals surface area contributed by atoms with Crippen LogP contribution in [0.4, 0.5) is 0 Å². The minimum Gasteiger partial charge on any atom is -0.345 e. The van der Waals surface area contributed by atoms with E-state index in [1.54, 1.807) is 0 Å². The van der Waals surface area contributed by atoms with Crippen molar-refractivity contribution in [1.82, 2.24) is 20.1 Å². The molecule has 1 aliphatic carbocycles. The largest absolute Gasteiger partial charge is 0.345 e. The van der Waals surface area contributed by atoms with E-state index in [1.165, 1.54) is 17.2 Å². The first-order chi connectivity index (χ1) is 10.6. The summed E-state index contributed by atoms with van der Waals surface area (Å²) < 4.78 is 13.1. The molecule has 1 atom stereocenters. The summed E-state index contributed by atoms with van der Waals surface area (Å²) in [7, 11) is -1.26. The van der Waals surface area contributed by atoms with Crippen molar-refractivity contribution in [3.05, 3.63) is 42.2 Å². The average Bonchev–Trinajstić information content (AvgIpc) is 2.92. The maximum atomic E-state index is 12.4. The number of carbonyl (C=O) groups is 1. The zero-order valence-electron chi connectivity index (χ0n) is 12.4. The van der Waals surface area contributed by atoms with Gasteiger partial charge in [0.1, 0.15) is 12.9 Å². The van der Waals surface area contributed by atoms with E-state index < -0.39 is 10.8 Å². The number of carbonyl (C=O) groups excluding carboxylic acids is 1. The molecular formula is C15H18N4O2S. The van der Waals surface area contributed by atoms with Crippen molar-refractivity contribution in [3.8, 4) is 0 Å². The third-order valence-electron chi connectivity index (χ3n) is 4.06. The highest BCUT2D eigenvalue weighted by Gasteiger charge is 2.39. The van der Waals surface area contributed by atoms with Gasteiger partial charge in [-0.1, -0.05) is 30.3 Å². The zero-order valence-corrected chi connectivity index (χ0v) is 13.2. The number of rotatable bonds is 5. The summed E-state index contributed by atoms with van der Waals surface area (Å²) in [5, 5.41) is 11.0. The van der Waals surface area contributed by atoms with Crippen LogP contribution in [0.2, 0.25) is 0 Å². The fourth-order valence-corrected chi connectivity index (χ4v) is 3.41. The van der Waals surface area contributed by atoms with E-state index in [1.807, 2.05) is 30.3 Å². The Labute approximate surface area is 131 Å². The smallest absolute Gasteiger partial charge is 0.240 e. The maximum Gasteiger partial charge on any atom is 0.240 e. The number of nitrogens with zero attached hydrogens (tertiary/aromatic N) is 3. The Bertz CT molecular complexity index is 695. The van der Waals surface area contributed by atoms with Gasteiger partial charge in [-0.05, 0) is 24.8 Å². The first-order valence-corrected chi connectivity index (χ1v) is 8.74. The van der Waals surface area contributed by atoms with Crippen LogP contribution in [0.15, 0.2) is 41.8 Å². The highest BCUT2D eigenvalue weighted by molar-refractivity contribution is 7.84. The quantitative estimate of drug-likeness (QED) is 0.899. The molecule has 0 spiro atoms. The van der Waals surface area contributed by atoms with Gasteiger partial charge in [0.15, 0.2) is 0 Å². The van der Waals surface area contributed by atoms with E-state index in [0.29, 0.717) is 5.16 Å². The molecule has 2 aromatic rings. The fourth-order valence-electron chi connectivity index (χ4n) is 2.81. The van der Waals surface area contributed by atoms with Crippen LogP contribution in [0, 0.1) is 0 Å². The van der Waals surface area contributed by atoms with Crippen molar-refractivity contribution in [2.24, 2.45) is 0 Å². The van der Waals surface area contributed by atoms with Gasteiger partial charge in [-0.2, -0.15) is 0 Å². The average molecular weight is 318 g/mol. The minimum atomic E-state index is -1.26. The Morgan fingerprint density at radius 2 is 2.09 bits per heavy atom. The SMILES string of the molecule is C[S@](=O)c1nncn1CC(=O)NC1(c2ccccc2)CCC1. The first-order valence-electron chi connectivity index (χ1n) is 7.18. The highest BCUT2D eigenvalue weighted by atomic mass is 32.2. The van der Waals surface area contributed by atoms with Gasteiger partial charge in [0.25, 0.3) is 0 Å². The Kier molecular flexibility index (Phi) is 4.06. The molecule has 1 aliphatic rings. The second-order valence-electron chi connectivity index (χ2n) is 5.55. The van der Waals surface area contributed by atoms with Crippen LogP contribution in [-0.2, 0) is 27.7 Å². The molecule has 116 valence electrons. The zero-order chi connectivity index (χ0) is 15.6. The Morgan fingerprint density at radius 1 is 1.36 bits per heavy atom. The Balaban J connectivity index is 1.73. The molecule has 0 bridgehead atoms. The molecule has 1 heterocycles. The highest BCUT2D eigenvalue weighted by Crippen LogP contribution is 2.41. The van der Waals surface area contributed by atoms with Crippen LogP contribution in [-0.4, -0.2) is 31.1 Å². The third kappa shape index (κ3) is 2.81. The lowest BCUT2D eigenvalue weighted by Crippen LogP contribution is -2.51. The number of benzene rings is 1. The Morgan fingerprint density at radius 3 is 2.68 bits per heavy atom. The predicted octanol–water partition coefficient (Wildman–Crippen LogP) is 1.21. The van der Waals surface area contributed by atoms with Crippen LogP contribution in [0.5, 0.6) is 0 Å². The van der Waals surface area contributed by atoms with E-state index >= 15 is 0 Å². The molecule has 6 nitrogen and oxygen atoms in total. The molecule has 0 aliphatic heterocycles. The van der Waals surface area contributed by atoms with E-state index in [0.717, 1.165) is 24.8 Å². The lowest BCUT2D eigenvalue weighted by molar-refractivity contribution is -0.125. The van der Waals surface area contributed by atoms with Crippen LogP contribution in [0.1, 0.15) is 24.8 Å². The van der Waals surface area contributed by atoms with E-state index in [9.17, 15) is 9.00 Å². The lowest BCUT2D eigenvalue weighted by atomic mass is 9.72. The summed E-state index contributed by atoms with van der Waals surface area (Å²) in [6, 6.07) is 10.0. The molecule has 22 heavy (non-hydrogen) atoms. The maximum absolute atomic E-state index is 12.4. The number of hydrogen-bond donors (Lipinski definition) is 1. The number of nitrogens with one attached hydrogen (secondary N) is 1. The van der Waals surface area contributed by atoms with E-state index in [4.69, 9.17) is 0 Å². The molecule has 1 aromatic heterocycles. The summed E-state index contributed by atoms with van der Waals surface area (Å²) in [4.78, 5) is 12.4. The van der Waals surface area contributed by atoms with Gasteiger partial charge < -0.3 is 5.32 Å². The standard InChI is InChI=1S/C15H18N4O2S/c1-22(21)14-18-16-11-19(14)10-13(20)17-15(8-5-9-15)12-6-3-2-4-7-12/h2-4,6-7,11H,5,8-10H2,1H3,(H,17,20)/t22-/m0/s1. The molecule has 1 saturated carbocycles. The van der Waals surface area contributed by atoms with Crippen molar-refractivity contribution in [3.63, 3.8) is 0 Å². The molecule has 1 N–H and O–H groups in total. The number of aromatic nitrogens is 3. The second-order valence-corrected chi connectivity index (χ2v) is 6.82. The molecule has 0 radical (unpaired) electrons. The second kappa shape index (κ2) is 6.00. The molecular weight excluding hydrogens is 300 g/mol. The van der Waals surface area contributed by atoms with Gasteiger partial charge in [0, 0.05) is 6.26 Å². The van der Waals surface area contributed by atoms with E-state index in [2.05, 4.69) is 15.5 Å². The van der Waals surface area contributed by atoms with Crippen molar-refractivity contribution in [1.29, 1.82) is 0 Å². The number of hydrogen-bond acceptors (Lipinski definition) is 4. The van der Waals surface area contributed by atoms with E-state index in [-0.39, 0.29) is 18.0 Å². The normalized spacial score (nSPS) is 17.5. The van der Waals surface area contributed by atoms with Gasteiger partial charge in [0.2, 0.25) is 11.1 Å². The van der Waals surface area contributed by atoms with Crippen LogP contribution < -0.4 is 5.32 Å². The van der Waals surface area contributed by atoms with Gasteiger partial charge in [0.05, 0.1) is 16.3 Å². The van der Waals surface area contributed by atoms with Gasteiger partial charge in [-0.15, -0.1) is 10.2 Å². The third-order valence-corrected chi connectivity index (χ3v) is 4.89. The Hall–Kier alpha value is -2.02. The predicted molar refractivity (Wildman–Crippen MR) is 82.5 cm³/mol. The molecule has 7 heteroatoms. The summed E-state index contributed by atoms with van der Waals surface area (Å²) in [5.41, 5.74) is 0.871. The fraction of sp³-hybridized carbons (Fsp3) is 0.400. The van der Waals surface area contributed by atoms with Crippen molar-refractivity contribution in [2.45, 2.75) is 36.5 Å². The number of amides is 1. The monoisotopic (exact) mass is 318 g/mol.